The van der Waals surface area contributed by atoms with Crippen molar-refractivity contribution in [1.29, 1.82) is 0 Å². The Kier molecular flexibility index (Phi) is 4.62. The molecule has 0 aliphatic heterocycles. The minimum atomic E-state index is -0.267. The average molecular weight is 227 g/mol. The molecule has 3 N–H and O–H groups in total. The zero-order chi connectivity index (χ0) is 11.4. The van der Waals surface area contributed by atoms with Gasteiger partial charge in [0, 0.05) is 6.04 Å². The van der Waals surface area contributed by atoms with Crippen LogP contribution in [0.3, 0.4) is 0 Å². The second-order valence-corrected chi connectivity index (χ2v) is 5.37. The van der Waals surface area contributed by atoms with Crippen LogP contribution in [0, 0.1) is 0 Å². The molecule has 0 aromatic heterocycles. The number of ether oxygens (including phenoxy) is 1. The maximum absolute atomic E-state index is 10.0. The van der Waals surface area contributed by atoms with Gasteiger partial charge in [0.1, 0.15) is 0 Å². The van der Waals surface area contributed by atoms with Crippen molar-refractivity contribution in [2.45, 2.75) is 82.1 Å². The first-order valence-electron chi connectivity index (χ1n) is 6.86. The maximum atomic E-state index is 10.0. The summed E-state index contributed by atoms with van der Waals surface area (Å²) >= 11 is 0. The highest BCUT2D eigenvalue weighted by Gasteiger charge is 2.29. The molecular weight excluding hydrogens is 202 g/mol. The summed E-state index contributed by atoms with van der Waals surface area (Å²) < 4.78 is 6.06. The molecule has 2 aliphatic rings. The summed E-state index contributed by atoms with van der Waals surface area (Å²) in [4.78, 5) is 0. The van der Waals surface area contributed by atoms with Crippen LogP contribution in [0.2, 0.25) is 0 Å². The lowest BCUT2D eigenvalue weighted by molar-refractivity contribution is -0.0950. The molecule has 0 heterocycles. The van der Waals surface area contributed by atoms with Crippen LogP contribution in [-0.2, 0) is 4.74 Å². The molecule has 2 rings (SSSR count). The second-order valence-electron chi connectivity index (χ2n) is 5.37. The van der Waals surface area contributed by atoms with Crippen molar-refractivity contribution in [3.63, 3.8) is 0 Å². The number of hydrogen-bond acceptors (Lipinski definition) is 3. The van der Waals surface area contributed by atoms with Gasteiger partial charge in [0.25, 0.3) is 0 Å². The fraction of sp³-hybridized carbons (Fsp3) is 1.00. The molecular formula is C13H25NO2. The van der Waals surface area contributed by atoms with Gasteiger partial charge in [0.15, 0.2) is 0 Å². The van der Waals surface area contributed by atoms with Gasteiger partial charge in [-0.15, -0.1) is 0 Å². The molecule has 0 aromatic carbocycles. The Morgan fingerprint density at radius 1 is 0.812 bits per heavy atom. The lowest BCUT2D eigenvalue weighted by Gasteiger charge is -2.33. The fourth-order valence-electron chi connectivity index (χ4n) is 2.93. The summed E-state index contributed by atoms with van der Waals surface area (Å²) in [6.45, 7) is 0. The number of rotatable bonds is 2. The highest BCUT2D eigenvalue weighted by Crippen LogP contribution is 2.26. The zero-order valence-corrected chi connectivity index (χ0v) is 10.1. The molecule has 2 fully saturated rings. The Balaban J connectivity index is 1.86. The van der Waals surface area contributed by atoms with Crippen molar-refractivity contribution in [1.82, 2.24) is 0 Å². The number of aliphatic hydroxyl groups is 1. The van der Waals surface area contributed by atoms with E-state index in [1.807, 2.05) is 0 Å². The van der Waals surface area contributed by atoms with Crippen molar-refractivity contribution < 1.29 is 9.84 Å². The maximum Gasteiger partial charge on any atom is 0.0838 e. The molecule has 0 radical (unpaired) electrons. The van der Waals surface area contributed by atoms with Crippen LogP contribution >= 0.6 is 0 Å². The molecule has 0 aromatic rings. The summed E-state index contributed by atoms with van der Waals surface area (Å²) in [5.41, 5.74) is 6.07. The van der Waals surface area contributed by atoms with E-state index in [0.717, 1.165) is 32.1 Å². The predicted octanol–water partition coefficient (Wildman–Crippen LogP) is 1.97. The van der Waals surface area contributed by atoms with Crippen LogP contribution in [0.25, 0.3) is 0 Å². The molecule has 4 unspecified atom stereocenters. The van der Waals surface area contributed by atoms with E-state index in [2.05, 4.69) is 0 Å². The smallest absolute Gasteiger partial charge is 0.0838 e. The Bertz CT molecular complexity index is 210. The highest BCUT2D eigenvalue weighted by molar-refractivity contribution is 4.82. The van der Waals surface area contributed by atoms with E-state index in [1.165, 1.54) is 25.7 Å². The largest absolute Gasteiger partial charge is 0.390 e. The van der Waals surface area contributed by atoms with Crippen LogP contribution in [0.15, 0.2) is 0 Å². The third-order valence-electron chi connectivity index (χ3n) is 4.02. The normalized spacial score (nSPS) is 41.6. The minimum Gasteiger partial charge on any atom is -0.390 e. The summed E-state index contributed by atoms with van der Waals surface area (Å²) in [7, 11) is 0. The van der Waals surface area contributed by atoms with Crippen LogP contribution < -0.4 is 5.73 Å². The summed E-state index contributed by atoms with van der Waals surface area (Å²) in [6, 6.07) is 0.184. The van der Waals surface area contributed by atoms with Crippen molar-refractivity contribution in [3.05, 3.63) is 0 Å². The monoisotopic (exact) mass is 227 g/mol. The van der Waals surface area contributed by atoms with Gasteiger partial charge >= 0.3 is 0 Å². The fourth-order valence-corrected chi connectivity index (χ4v) is 2.93. The van der Waals surface area contributed by atoms with E-state index in [1.54, 1.807) is 0 Å². The lowest BCUT2D eigenvalue weighted by atomic mass is 9.92. The van der Waals surface area contributed by atoms with Crippen molar-refractivity contribution in [2.75, 3.05) is 0 Å². The van der Waals surface area contributed by atoms with Gasteiger partial charge in [0.05, 0.1) is 18.3 Å². The molecule has 0 amide bonds. The van der Waals surface area contributed by atoms with Gasteiger partial charge in [-0.2, -0.15) is 0 Å². The lowest BCUT2D eigenvalue weighted by Crippen LogP contribution is -2.43. The van der Waals surface area contributed by atoms with Gasteiger partial charge in [0.2, 0.25) is 0 Å². The molecule has 3 nitrogen and oxygen atoms in total. The van der Waals surface area contributed by atoms with E-state index in [0.29, 0.717) is 0 Å². The zero-order valence-electron chi connectivity index (χ0n) is 10.1. The first kappa shape index (κ1) is 12.3. The molecule has 4 atom stereocenters. The van der Waals surface area contributed by atoms with E-state index in [4.69, 9.17) is 10.5 Å². The second kappa shape index (κ2) is 5.99. The molecule has 0 spiro atoms. The van der Waals surface area contributed by atoms with Crippen LogP contribution in [0.4, 0.5) is 0 Å². The first-order valence-corrected chi connectivity index (χ1v) is 6.86. The van der Waals surface area contributed by atoms with Crippen LogP contribution in [0.1, 0.15) is 57.8 Å². The van der Waals surface area contributed by atoms with E-state index >= 15 is 0 Å². The summed E-state index contributed by atoms with van der Waals surface area (Å²) in [5, 5.41) is 10.0. The van der Waals surface area contributed by atoms with E-state index < -0.39 is 0 Å². The van der Waals surface area contributed by atoms with Crippen molar-refractivity contribution >= 4 is 0 Å². The topological polar surface area (TPSA) is 55.5 Å². The Morgan fingerprint density at radius 2 is 1.44 bits per heavy atom. The third kappa shape index (κ3) is 3.19. The summed E-state index contributed by atoms with van der Waals surface area (Å²) in [5.74, 6) is 0. The van der Waals surface area contributed by atoms with Gasteiger partial charge in [-0.3, -0.25) is 0 Å². The van der Waals surface area contributed by atoms with Gasteiger partial charge in [-0.1, -0.05) is 32.1 Å². The number of aliphatic hydroxyl groups excluding tert-OH is 1. The quantitative estimate of drug-likeness (QED) is 0.709. The number of nitrogens with two attached hydrogens (primary N) is 1. The summed E-state index contributed by atoms with van der Waals surface area (Å²) in [6.07, 6.45) is 10.0. The standard InChI is InChI=1S/C13H25NO2/c14-10-6-4-5-8-12(10)16-13-9-3-1-2-7-11(13)15/h10-13,15H,1-9,14H2. The molecule has 2 aliphatic carbocycles. The molecule has 0 saturated heterocycles. The van der Waals surface area contributed by atoms with Crippen LogP contribution in [0.5, 0.6) is 0 Å². The molecule has 94 valence electrons. The third-order valence-corrected chi connectivity index (χ3v) is 4.02. The van der Waals surface area contributed by atoms with Crippen LogP contribution in [-0.4, -0.2) is 29.5 Å². The minimum absolute atomic E-state index is 0.0386. The van der Waals surface area contributed by atoms with E-state index in [9.17, 15) is 5.11 Å². The van der Waals surface area contributed by atoms with E-state index in [-0.39, 0.29) is 24.4 Å². The average Bonchev–Trinajstić information content (AvgIpc) is 2.48. The Hall–Kier alpha value is -0.120. The van der Waals surface area contributed by atoms with Gasteiger partial charge in [-0.05, 0) is 25.7 Å². The molecule has 2 saturated carbocycles. The van der Waals surface area contributed by atoms with Crippen molar-refractivity contribution in [3.8, 4) is 0 Å². The Morgan fingerprint density at radius 3 is 2.25 bits per heavy atom. The Labute approximate surface area is 98.4 Å². The molecule has 3 heteroatoms. The number of hydrogen-bond donors (Lipinski definition) is 2. The SMILES string of the molecule is NC1CCCCC1OC1CCCCCC1O. The first-order chi connectivity index (χ1) is 7.77. The van der Waals surface area contributed by atoms with Crippen molar-refractivity contribution in [2.24, 2.45) is 5.73 Å². The molecule has 16 heavy (non-hydrogen) atoms. The van der Waals surface area contributed by atoms with Gasteiger partial charge < -0.3 is 15.6 Å². The molecule has 0 bridgehead atoms. The highest BCUT2D eigenvalue weighted by atomic mass is 16.5. The van der Waals surface area contributed by atoms with Gasteiger partial charge in [-0.25, -0.2) is 0 Å². The predicted molar refractivity (Wildman–Crippen MR) is 64.2 cm³/mol.